The van der Waals surface area contributed by atoms with Crippen molar-refractivity contribution >= 4 is 27.5 Å². The summed E-state index contributed by atoms with van der Waals surface area (Å²) in [7, 11) is 0. The van der Waals surface area contributed by atoms with E-state index < -0.39 is 0 Å². The number of H-pyrrole nitrogens is 1. The third kappa shape index (κ3) is 2.27. The first-order valence-electron chi connectivity index (χ1n) is 4.18. The van der Waals surface area contributed by atoms with Crippen molar-refractivity contribution in [1.82, 2.24) is 10.2 Å². The van der Waals surface area contributed by atoms with Crippen LogP contribution < -0.4 is 5.56 Å². The maximum absolute atomic E-state index is 10.8. The third-order valence-electron chi connectivity index (χ3n) is 1.89. The number of aromatic nitrogens is 2. The van der Waals surface area contributed by atoms with Crippen molar-refractivity contribution in [2.75, 3.05) is 0 Å². The zero-order valence-electron chi connectivity index (χ0n) is 7.50. The Morgan fingerprint density at radius 3 is 2.67 bits per heavy atom. The maximum Gasteiger partial charge on any atom is 0.264 e. The normalized spacial score (nSPS) is 10.3. The van der Waals surface area contributed by atoms with E-state index in [4.69, 9.17) is 11.6 Å². The fraction of sp³-hybridized carbons (Fsp3) is 0. The van der Waals surface area contributed by atoms with E-state index in [0.717, 1.165) is 10.0 Å². The Morgan fingerprint density at radius 1 is 1.27 bits per heavy atom. The number of hydrogen-bond donors (Lipinski definition) is 1. The number of benzene rings is 1. The molecular weight excluding hydrogens is 279 g/mol. The van der Waals surface area contributed by atoms with Gasteiger partial charge in [0.05, 0.1) is 10.7 Å². The predicted molar refractivity (Wildman–Crippen MR) is 63.0 cm³/mol. The molecule has 0 bridgehead atoms. The van der Waals surface area contributed by atoms with E-state index in [1.54, 1.807) is 12.1 Å². The van der Waals surface area contributed by atoms with Crippen molar-refractivity contribution in [3.8, 4) is 11.3 Å². The monoisotopic (exact) mass is 284 g/mol. The number of halogens is 2. The third-order valence-corrected chi connectivity index (χ3v) is 3.13. The molecule has 0 atom stereocenters. The zero-order chi connectivity index (χ0) is 10.8. The highest BCUT2D eigenvalue weighted by Crippen LogP contribution is 2.27. The van der Waals surface area contributed by atoms with Gasteiger partial charge in [-0.25, -0.2) is 5.10 Å². The van der Waals surface area contributed by atoms with E-state index in [-0.39, 0.29) is 5.56 Å². The van der Waals surface area contributed by atoms with E-state index in [2.05, 4.69) is 26.1 Å². The largest absolute Gasteiger partial charge is 0.268 e. The fourth-order valence-corrected chi connectivity index (χ4v) is 1.59. The smallest absolute Gasteiger partial charge is 0.264 e. The highest BCUT2D eigenvalue weighted by atomic mass is 79.9. The molecular formula is C10H6BrClN2O. The molecule has 1 heterocycles. The van der Waals surface area contributed by atoms with E-state index in [1.165, 1.54) is 6.07 Å². The summed E-state index contributed by atoms with van der Waals surface area (Å²) in [6, 6.07) is 8.57. The molecule has 1 N–H and O–H groups in total. The summed E-state index contributed by atoms with van der Waals surface area (Å²) < 4.78 is 0.831. The molecule has 0 radical (unpaired) electrons. The van der Waals surface area contributed by atoms with E-state index in [9.17, 15) is 4.79 Å². The van der Waals surface area contributed by atoms with Crippen molar-refractivity contribution in [2.24, 2.45) is 0 Å². The molecule has 0 aliphatic heterocycles. The van der Waals surface area contributed by atoms with Gasteiger partial charge in [0.1, 0.15) is 0 Å². The first-order chi connectivity index (χ1) is 7.16. The number of hydrogen-bond acceptors (Lipinski definition) is 2. The van der Waals surface area contributed by atoms with Crippen LogP contribution in [0.15, 0.2) is 39.6 Å². The van der Waals surface area contributed by atoms with Crippen LogP contribution in [-0.2, 0) is 0 Å². The minimum Gasteiger partial charge on any atom is -0.268 e. The maximum atomic E-state index is 10.8. The van der Waals surface area contributed by atoms with Crippen LogP contribution in [0.2, 0.25) is 5.02 Å². The molecule has 1 aromatic carbocycles. The molecule has 0 aliphatic rings. The SMILES string of the molecule is O=c1ccc(-c2ccc(Br)c(Cl)c2)n[nH]1. The summed E-state index contributed by atoms with van der Waals surface area (Å²) in [4.78, 5) is 10.8. The lowest BCUT2D eigenvalue weighted by Gasteiger charge is -2.01. The van der Waals surface area contributed by atoms with Crippen molar-refractivity contribution in [3.63, 3.8) is 0 Å². The summed E-state index contributed by atoms with van der Waals surface area (Å²) in [5, 5.41) is 6.89. The molecule has 0 amide bonds. The van der Waals surface area contributed by atoms with E-state index >= 15 is 0 Å². The van der Waals surface area contributed by atoms with Crippen molar-refractivity contribution in [1.29, 1.82) is 0 Å². The van der Waals surface area contributed by atoms with Crippen molar-refractivity contribution in [3.05, 3.63) is 50.2 Å². The zero-order valence-corrected chi connectivity index (χ0v) is 9.84. The van der Waals surface area contributed by atoms with Gasteiger partial charge in [-0.1, -0.05) is 17.7 Å². The molecule has 0 fully saturated rings. The van der Waals surface area contributed by atoms with Crippen LogP contribution in [0.25, 0.3) is 11.3 Å². The standard InChI is InChI=1S/C10H6BrClN2O/c11-7-2-1-6(5-8(7)12)9-3-4-10(15)14-13-9/h1-5H,(H,14,15). The average Bonchev–Trinajstić information content (AvgIpc) is 2.23. The van der Waals surface area contributed by atoms with Crippen LogP contribution in [0.1, 0.15) is 0 Å². The lowest BCUT2D eigenvalue weighted by molar-refractivity contribution is 0.995. The average molecular weight is 286 g/mol. The van der Waals surface area contributed by atoms with E-state index in [0.29, 0.717) is 10.7 Å². The molecule has 3 nitrogen and oxygen atoms in total. The van der Waals surface area contributed by atoms with Gasteiger partial charge in [-0.05, 0) is 34.1 Å². The van der Waals surface area contributed by atoms with Crippen molar-refractivity contribution < 1.29 is 0 Å². The number of rotatable bonds is 1. The van der Waals surface area contributed by atoms with Gasteiger partial charge in [0, 0.05) is 16.1 Å². The molecule has 15 heavy (non-hydrogen) atoms. The van der Waals surface area contributed by atoms with Gasteiger partial charge >= 0.3 is 0 Å². The summed E-state index contributed by atoms with van der Waals surface area (Å²) in [5.74, 6) is 0. The van der Waals surface area contributed by atoms with Crippen molar-refractivity contribution in [2.45, 2.75) is 0 Å². The second kappa shape index (κ2) is 4.16. The first kappa shape index (κ1) is 10.4. The van der Waals surface area contributed by atoms with Gasteiger partial charge in [0.2, 0.25) is 0 Å². The van der Waals surface area contributed by atoms with Gasteiger partial charge in [-0.3, -0.25) is 4.79 Å². The summed E-state index contributed by atoms with van der Waals surface area (Å²) in [6.07, 6.45) is 0. The minimum atomic E-state index is -0.220. The summed E-state index contributed by atoms with van der Waals surface area (Å²) in [5.41, 5.74) is 1.32. The molecule has 2 aromatic rings. The van der Waals surface area contributed by atoms with Gasteiger partial charge < -0.3 is 0 Å². The molecule has 2 rings (SSSR count). The van der Waals surface area contributed by atoms with Crippen LogP contribution in [0, 0.1) is 0 Å². The van der Waals surface area contributed by atoms with Crippen LogP contribution in [0.5, 0.6) is 0 Å². The van der Waals surface area contributed by atoms with Gasteiger partial charge in [0.15, 0.2) is 0 Å². The molecule has 76 valence electrons. The quantitative estimate of drug-likeness (QED) is 0.876. The Labute approximate surface area is 99.2 Å². The molecule has 0 saturated heterocycles. The Hall–Kier alpha value is -1.13. The molecule has 0 unspecified atom stereocenters. The molecule has 0 spiro atoms. The lowest BCUT2D eigenvalue weighted by atomic mass is 10.1. The topological polar surface area (TPSA) is 45.8 Å². The Balaban J connectivity index is 2.50. The fourth-order valence-electron chi connectivity index (χ4n) is 1.16. The Bertz CT molecular complexity index is 533. The first-order valence-corrected chi connectivity index (χ1v) is 5.35. The molecule has 1 aromatic heterocycles. The summed E-state index contributed by atoms with van der Waals surface area (Å²) >= 11 is 9.25. The highest BCUT2D eigenvalue weighted by Gasteiger charge is 2.02. The molecule has 0 saturated carbocycles. The Kier molecular flexibility index (Phi) is 2.88. The number of aromatic amines is 1. The second-order valence-electron chi connectivity index (χ2n) is 2.94. The highest BCUT2D eigenvalue weighted by molar-refractivity contribution is 9.10. The molecule has 5 heteroatoms. The molecule has 0 aliphatic carbocycles. The number of nitrogens with one attached hydrogen (secondary N) is 1. The summed E-state index contributed by atoms with van der Waals surface area (Å²) in [6.45, 7) is 0. The second-order valence-corrected chi connectivity index (χ2v) is 4.20. The van der Waals surface area contributed by atoms with Crippen LogP contribution in [0.4, 0.5) is 0 Å². The van der Waals surface area contributed by atoms with Gasteiger partial charge in [0.25, 0.3) is 5.56 Å². The minimum absolute atomic E-state index is 0.220. The number of nitrogens with zero attached hydrogens (tertiary/aromatic N) is 1. The Morgan fingerprint density at radius 2 is 2.07 bits per heavy atom. The van der Waals surface area contributed by atoms with Crippen LogP contribution in [0.3, 0.4) is 0 Å². The van der Waals surface area contributed by atoms with Gasteiger partial charge in [-0.15, -0.1) is 0 Å². The van der Waals surface area contributed by atoms with Crippen LogP contribution >= 0.6 is 27.5 Å². The van der Waals surface area contributed by atoms with Gasteiger partial charge in [-0.2, -0.15) is 5.10 Å². The predicted octanol–water partition coefficient (Wildman–Crippen LogP) is 2.85. The van der Waals surface area contributed by atoms with E-state index in [1.807, 2.05) is 12.1 Å². The van der Waals surface area contributed by atoms with Crippen LogP contribution in [-0.4, -0.2) is 10.2 Å². The lowest BCUT2D eigenvalue weighted by Crippen LogP contribution is -2.05.